The highest BCUT2D eigenvalue weighted by molar-refractivity contribution is 5.76. The van der Waals surface area contributed by atoms with E-state index in [9.17, 15) is 4.79 Å². The molecule has 0 saturated heterocycles. The molecule has 0 fully saturated rings. The number of rotatable bonds is 6. The van der Waals surface area contributed by atoms with E-state index in [1.165, 1.54) is 11.6 Å². The molecule has 0 spiro atoms. The molecule has 0 bridgehead atoms. The third-order valence-corrected chi connectivity index (χ3v) is 3.07. The SMILES string of the molecule is CCOc1nc(C=O)cc(N)c1C#N.CNCc1cccc(OC)c1. The van der Waals surface area contributed by atoms with Crippen molar-refractivity contribution in [2.75, 3.05) is 26.5 Å². The molecule has 0 atom stereocenters. The maximum atomic E-state index is 10.5. The molecule has 0 radical (unpaired) electrons. The van der Waals surface area contributed by atoms with Crippen LogP contribution in [-0.4, -0.2) is 32.0 Å². The van der Waals surface area contributed by atoms with Crippen molar-refractivity contribution in [3.05, 3.63) is 47.2 Å². The minimum atomic E-state index is 0.108. The van der Waals surface area contributed by atoms with E-state index in [0.717, 1.165) is 12.3 Å². The fraction of sp³-hybridized carbons (Fsp3) is 0.278. The number of nitrogens with zero attached hydrogens (tertiary/aromatic N) is 2. The summed E-state index contributed by atoms with van der Waals surface area (Å²) in [5, 5.41) is 11.8. The molecular weight excluding hydrogens is 320 g/mol. The molecule has 1 heterocycles. The molecule has 0 aliphatic carbocycles. The highest BCUT2D eigenvalue weighted by atomic mass is 16.5. The van der Waals surface area contributed by atoms with Crippen molar-refractivity contribution in [3.8, 4) is 17.7 Å². The molecule has 1 aromatic heterocycles. The predicted octanol–water partition coefficient (Wildman–Crippen LogP) is 2.16. The van der Waals surface area contributed by atoms with Crippen molar-refractivity contribution in [2.45, 2.75) is 13.5 Å². The van der Waals surface area contributed by atoms with Crippen LogP contribution in [0.3, 0.4) is 0 Å². The molecule has 2 rings (SSSR count). The maximum absolute atomic E-state index is 10.5. The summed E-state index contributed by atoms with van der Waals surface area (Å²) < 4.78 is 10.2. The van der Waals surface area contributed by atoms with Crippen LogP contribution in [0.25, 0.3) is 0 Å². The van der Waals surface area contributed by atoms with Gasteiger partial charge in [-0.05, 0) is 37.7 Å². The Labute approximate surface area is 147 Å². The molecule has 2 aromatic rings. The van der Waals surface area contributed by atoms with Crippen molar-refractivity contribution >= 4 is 12.0 Å². The molecule has 132 valence electrons. The topological polar surface area (TPSA) is 110 Å². The monoisotopic (exact) mass is 342 g/mol. The zero-order valence-electron chi connectivity index (χ0n) is 14.6. The average molecular weight is 342 g/mol. The highest BCUT2D eigenvalue weighted by Crippen LogP contribution is 2.21. The van der Waals surface area contributed by atoms with Gasteiger partial charge in [0.25, 0.3) is 0 Å². The summed E-state index contributed by atoms with van der Waals surface area (Å²) in [7, 11) is 3.61. The number of nitrogens with two attached hydrogens (primary N) is 1. The van der Waals surface area contributed by atoms with Crippen LogP contribution in [0.5, 0.6) is 11.6 Å². The van der Waals surface area contributed by atoms with E-state index in [1.54, 1.807) is 14.0 Å². The molecule has 7 nitrogen and oxygen atoms in total. The van der Waals surface area contributed by atoms with Crippen LogP contribution in [0.2, 0.25) is 0 Å². The van der Waals surface area contributed by atoms with Crippen LogP contribution in [0, 0.1) is 11.3 Å². The summed E-state index contributed by atoms with van der Waals surface area (Å²) in [6.45, 7) is 3.01. The normalized spacial score (nSPS) is 9.36. The van der Waals surface area contributed by atoms with Crippen molar-refractivity contribution < 1.29 is 14.3 Å². The van der Waals surface area contributed by atoms with E-state index >= 15 is 0 Å². The van der Waals surface area contributed by atoms with E-state index in [1.807, 2.05) is 31.3 Å². The van der Waals surface area contributed by atoms with Gasteiger partial charge in [-0.25, -0.2) is 4.98 Å². The molecule has 25 heavy (non-hydrogen) atoms. The quantitative estimate of drug-likeness (QED) is 0.774. The van der Waals surface area contributed by atoms with Gasteiger partial charge < -0.3 is 20.5 Å². The lowest BCUT2D eigenvalue weighted by Crippen LogP contribution is -2.04. The lowest BCUT2D eigenvalue weighted by Gasteiger charge is -2.06. The summed E-state index contributed by atoms with van der Waals surface area (Å²) in [6, 6.07) is 11.2. The zero-order valence-corrected chi connectivity index (χ0v) is 14.6. The van der Waals surface area contributed by atoms with Gasteiger partial charge in [0.1, 0.15) is 23.1 Å². The number of hydrogen-bond donors (Lipinski definition) is 2. The minimum absolute atomic E-state index is 0.108. The highest BCUT2D eigenvalue weighted by Gasteiger charge is 2.10. The van der Waals surface area contributed by atoms with Crippen molar-refractivity contribution in [1.82, 2.24) is 10.3 Å². The van der Waals surface area contributed by atoms with Gasteiger partial charge >= 0.3 is 0 Å². The molecule has 7 heteroatoms. The first-order valence-corrected chi connectivity index (χ1v) is 7.65. The van der Waals surface area contributed by atoms with E-state index < -0.39 is 0 Å². The Hall–Kier alpha value is -3.11. The Kier molecular flexibility index (Phi) is 8.47. The Balaban J connectivity index is 0.000000257. The first kappa shape index (κ1) is 19.9. The van der Waals surface area contributed by atoms with Gasteiger partial charge in [0.15, 0.2) is 6.29 Å². The number of benzene rings is 1. The number of nitriles is 1. The van der Waals surface area contributed by atoms with Crippen LogP contribution < -0.4 is 20.5 Å². The number of aldehydes is 1. The molecule has 0 saturated carbocycles. The predicted molar refractivity (Wildman–Crippen MR) is 95.7 cm³/mol. The van der Waals surface area contributed by atoms with E-state index in [0.29, 0.717) is 12.9 Å². The lowest BCUT2D eigenvalue weighted by molar-refractivity contribution is 0.111. The van der Waals surface area contributed by atoms with Gasteiger partial charge in [-0.3, -0.25) is 4.79 Å². The molecule has 0 unspecified atom stereocenters. The minimum Gasteiger partial charge on any atom is -0.497 e. The maximum Gasteiger partial charge on any atom is 0.234 e. The number of methoxy groups -OCH3 is 1. The Morgan fingerprint density at radius 3 is 2.72 bits per heavy atom. The van der Waals surface area contributed by atoms with Gasteiger partial charge in [0.05, 0.1) is 19.4 Å². The molecular formula is C18H22N4O3. The van der Waals surface area contributed by atoms with Crippen LogP contribution in [0.4, 0.5) is 5.69 Å². The smallest absolute Gasteiger partial charge is 0.234 e. The third kappa shape index (κ3) is 6.12. The first-order chi connectivity index (χ1) is 12.1. The first-order valence-electron chi connectivity index (χ1n) is 7.65. The summed E-state index contributed by atoms with van der Waals surface area (Å²) in [4.78, 5) is 14.3. The molecule has 0 aliphatic rings. The van der Waals surface area contributed by atoms with Gasteiger partial charge in [-0.1, -0.05) is 12.1 Å². The lowest BCUT2D eigenvalue weighted by atomic mass is 10.2. The van der Waals surface area contributed by atoms with Crippen molar-refractivity contribution in [1.29, 1.82) is 5.26 Å². The van der Waals surface area contributed by atoms with Gasteiger partial charge in [0.2, 0.25) is 5.88 Å². The standard InChI is InChI=1S/C9H9N3O2.C9H13NO/c1-2-14-9-7(4-10)8(11)3-6(5-13)12-9;1-10-7-8-4-3-5-9(6-8)11-2/h3,5H,2H2,1H3,(H2,11,12);3-6,10H,7H2,1-2H3. The molecule has 0 aliphatic heterocycles. The number of carbonyl (C=O) groups excluding carboxylic acids is 1. The van der Waals surface area contributed by atoms with Crippen LogP contribution in [-0.2, 0) is 6.54 Å². The second-order valence-corrected chi connectivity index (χ2v) is 4.86. The Morgan fingerprint density at radius 1 is 1.40 bits per heavy atom. The number of pyridine rings is 1. The van der Waals surface area contributed by atoms with Crippen molar-refractivity contribution in [3.63, 3.8) is 0 Å². The molecule has 3 N–H and O–H groups in total. The number of nitrogen functional groups attached to an aromatic ring is 1. The summed E-state index contributed by atoms with van der Waals surface area (Å²) in [5.74, 6) is 1.02. The second kappa shape index (κ2) is 10.6. The molecule has 0 amide bonds. The van der Waals surface area contributed by atoms with E-state index in [2.05, 4.69) is 16.4 Å². The zero-order chi connectivity index (χ0) is 18.7. The summed E-state index contributed by atoms with van der Waals surface area (Å²) in [5.41, 5.74) is 7.30. The fourth-order valence-electron chi connectivity index (χ4n) is 1.96. The number of nitrogens with one attached hydrogen (secondary N) is 1. The Morgan fingerprint density at radius 2 is 2.16 bits per heavy atom. The average Bonchev–Trinajstić information content (AvgIpc) is 2.62. The molecule has 1 aromatic carbocycles. The number of anilines is 1. The number of ether oxygens (including phenoxy) is 2. The number of hydrogen-bond acceptors (Lipinski definition) is 7. The van der Waals surface area contributed by atoms with Crippen LogP contribution >= 0.6 is 0 Å². The van der Waals surface area contributed by atoms with E-state index in [-0.39, 0.29) is 22.8 Å². The van der Waals surface area contributed by atoms with Gasteiger partial charge in [0, 0.05) is 6.54 Å². The van der Waals surface area contributed by atoms with Crippen LogP contribution in [0.15, 0.2) is 30.3 Å². The number of aromatic nitrogens is 1. The Bertz CT molecular complexity index is 742. The van der Waals surface area contributed by atoms with Gasteiger partial charge in [-0.15, -0.1) is 0 Å². The summed E-state index contributed by atoms with van der Waals surface area (Å²) >= 11 is 0. The van der Waals surface area contributed by atoms with Crippen LogP contribution in [0.1, 0.15) is 28.5 Å². The second-order valence-electron chi connectivity index (χ2n) is 4.86. The number of carbonyl (C=O) groups is 1. The van der Waals surface area contributed by atoms with Gasteiger partial charge in [-0.2, -0.15) is 5.26 Å². The summed E-state index contributed by atoms with van der Waals surface area (Å²) in [6.07, 6.45) is 0.556. The third-order valence-electron chi connectivity index (χ3n) is 3.07. The van der Waals surface area contributed by atoms with E-state index in [4.69, 9.17) is 20.5 Å². The largest absolute Gasteiger partial charge is 0.497 e. The van der Waals surface area contributed by atoms with Crippen molar-refractivity contribution in [2.24, 2.45) is 0 Å². The fourth-order valence-corrected chi connectivity index (χ4v) is 1.96.